The summed E-state index contributed by atoms with van der Waals surface area (Å²) >= 11 is 0. The molecule has 7 nitrogen and oxygen atoms in total. The first-order valence-corrected chi connectivity index (χ1v) is 6.21. The van der Waals surface area contributed by atoms with Crippen molar-refractivity contribution in [1.29, 1.82) is 5.26 Å². The van der Waals surface area contributed by atoms with E-state index in [1.54, 1.807) is 6.07 Å². The quantitative estimate of drug-likeness (QED) is 0.639. The van der Waals surface area contributed by atoms with Crippen LogP contribution >= 0.6 is 0 Å². The number of nitrogens with one attached hydrogen (secondary N) is 1. The van der Waals surface area contributed by atoms with Gasteiger partial charge in [0.05, 0.1) is 4.92 Å². The topological polar surface area (TPSA) is 118 Å². The van der Waals surface area contributed by atoms with Crippen LogP contribution in [0.5, 0.6) is 0 Å². The van der Waals surface area contributed by atoms with Crippen LogP contribution in [0.15, 0.2) is 36.4 Å². The van der Waals surface area contributed by atoms with Crippen molar-refractivity contribution in [3.8, 4) is 6.07 Å². The van der Waals surface area contributed by atoms with Gasteiger partial charge in [0.2, 0.25) is 5.69 Å². The number of aromatic nitrogens is 1. The molecule has 0 atom stereocenters. The monoisotopic (exact) mass is 283 g/mol. The number of anilines is 1. The predicted octanol–water partition coefficient (Wildman–Crippen LogP) is 1.93. The van der Waals surface area contributed by atoms with E-state index < -0.39 is 4.92 Å². The first kappa shape index (κ1) is 14.4. The first-order chi connectivity index (χ1) is 10.1. The van der Waals surface area contributed by atoms with Gasteiger partial charge in [0.15, 0.2) is 0 Å². The molecule has 1 heterocycles. The molecule has 0 bridgehead atoms. The van der Waals surface area contributed by atoms with Gasteiger partial charge in [-0.3, -0.25) is 10.1 Å². The van der Waals surface area contributed by atoms with E-state index in [2.05, 4.69) is 10.3 Å². The van der Waals surface area contributed by atoms with Crippen LogP contribution in [0.3, 0.4) is 0 Å². The molecule has 21 heavy (non-hydrogen) atoms. The summed E-state index contributed by atoms with van der Waals surface area (Å²) < 4.78 is 0. The SMILES string of the molecule is N#Cc1nc(NCc2ccc(CN)cc2)ccc1[N+](=O)[O-]. The van der Waals surface area contributed by atoms with E-state index in [9.17, 15) is 10.1 Å². The largest absolute Gasteiger partial charge is 0.366 e. The van der Waals surface area contributed by atoms with Crippen LogP contribution in [-0.4, -0.2) is 9.91 Å². The Morgan fingerprint density at radius 1 is 1.24 bits per heavy atom. The number of hydrogen-bond acceptors (Lipinski definition) is 6. The van der Waals surface area contributed by atoms with E-state index in [-0.39, 0.29) is 11.4 Å². The van der Waals surface area contributed by atoms with Gasteiger partial charge < -0.3 is 11.1 Å². The Kier molecular flexibility index (Phi) is 4.43. The zero-order valence-corrected chi connectivity index (χ0v) is 11.1. The van der Waals surface area contributed by atoms with Crippen molar-refractivity contribution in [3.63, 3.8) is 0 Å². The summed E-state index contributed by atoms with van der Waals surface area (Å²) in [7, 11) is 0. The van der Waals surface area contributed by atoms with Gasteiger partial charge in [0, 0.05) is 19.2 Å². The Balaban J connectivity index is 2.09. The summed E-state index contributed by atoms with van der Waals surface area (Å²) in [5.74, 6) is 0.417. The summed E-state index contributed by atoms with van der Waals surface area (Å²) in [4.78, 5) is 14.0. The van der Waals surface area contributed by atoms with Gasteiger partial charge in [0.25, 0.3) is 0 Å². The van der Waals surface area contributed by atoms with Crippen LogP contribution < -0.4 is 11.1 Å². The van der Waals surface area contributed by atoms with Gasteiger partial charge in [-0.25, -0.2) is 4.98 Å². The minimum absolute atomic E-state index is 0.205. The molecule has 2 rings (SSSR count). The van der Waals surface area contributed by atoms with Crippen molar-refractivity contribution in [1.82, 2.24) is 4.98 Å². The smallest absolute Gasteiger partial charge is 0.305 e. The Morgan fingerprint density at radius 3 is 2.48 bits per heavy atom. The fraction of sp³-hybridized carbons (Fsp3) is 0.143. The van der Waals surface area contributed by atoms with E-state index in [0.29, 0.717) is 18.9 Å². The fourth-order valence-corrected chi connectivity index (χ4v) is 1.77. The second-order valence-corrected chi connectivity index (χ2v) is 4.31. The highest BCUT2D eigenvalue weighted by Gasteiger charge is 2.15. The van der Waals surface area contributed by atoms with Crippen molar-refractivity contribution < 1.29 is 4.92 Å². The van der Waals surface area contributed by atoms with Crippen LogP contribution in [0.2, 0.25) is 0 Å². The second-order valence-electron chi connectivity index (χ2n) is 4.31. The van der Waals surface area contributed by atoms with Crippen LogP contribution in [0.25, 0.3) is 0 Å². The van der Waals surface area contributed by atoms with Gasteiger partial charge in [-0.05, 0) is 17.2 Å². The predicted molar refractivity (Wildman–Crippen MR) is 77.3 cm³/mol. The molecule has 1 aromatic heterocycles. The summed E-state index contributed by atoms with van der Waals surface area (Å²) in [6, 6.07) is 12.2. The molecular formula is C14H13N5O2. The van der Waals surface area contributed by atoms with Crippen LogP contribution in [-0.2, 0) is 13.1 Å². The van der Waals surface area contributed by atoms with Crippen LogP contribution in [0, 0.1) is 21.4 Å². The lowest BCUT2D eigenvalue weighted by molar-refractivity contribution is -0.385. The van der Waals surface area contributed by atoms with E-state index in [1.807, 2.05) is 24.3 Å². The molecule has 1 aromatic carbocycles. The number of benzene rings is 1. The molecule has 0 saturated carbocycles. The third kappa shape index (κ3) is 3.52. The lowest BCUT2D eigenvalue weighted by Crippen LogP contribution is -2.04. The van der Waals surface area contributed by atoms with Gasteiger partial charge >= 0.3 is 5.69 Å². The Morgan fingerprint density at radius 2 is 1.90 bits per heavy atom. The lowest BCUT2D eigenvalue weighted by Gasteiger charge is -2.06. The number of pyridine rings is 1. The maximum Gasteiger partial charge on any atom is 0.305 e. The summed E-state index contributed by atoms with van der Waals surface area (Å²) in [5, 5.41) is 22.6. The number of nitriles is 1. The van der Waals surface area contributed by atoms with Gasteiger partial charge in [-0.1, -0.05) is 24.3 Å². The first-order valence-electron chi connectivity index (χ1n) is 6.21. The number of nitro groups is 1. The molecule has 0 aliphatic heterocycles. The highest BCUT2D eigenvalue weighted by atomic mass is 16.6. The maximum atomic E-state index is 10.7. The molecule has 3 N–H and O–H groups in total. The number of hydrogen-bond donors (Lipinski definition) is 2. The van der Waals surface area contributed by atoms with Crippen LogP contribution in [0.4, 0.5) is 11.5 Å². The van der Waals surface area contributed by atoms with E-state index in [4.69, 9.17) is 11.0 Å². The molecule has 0 unspecified atom stereocenters. The molecule has 0 aliphatic carbocycles. The second kappa shape index (κ2) is 6.45. The molecule has 0 aliphatic rings. The zero-order valence-electron chi connectivity index (χ0n) is 11.1. The number of rotatable bonds is 5. The average Bonchev–Trinajstić information content (AvgIpc) is 2.52. The molecule has 0 radical (unpaired) electrons. The summed E-state index contributed by atoms with van der Waals surface area (Å²) in [6.45, 7) is 0.990. The van der Waals surface area contributed by atoms with Crippen molar-refractivity contribution in [2.45, 2.75) is 13.1 Å². The molecule has 0 spiro atoms. The lowest BCUT2D eigenvalue weighted by atomic mass is 10.1. The van der Waals surface area contributed by atoms with Gasteiger partial charge in [-0.15, -0.1) is 0 Å². The standard InChI is InChI=1S/C14H13N5O2/c15-7-10-1-3-11(4-2-10)9-17-14-6-5-13(19(20)21)12(8-16)18-14/h1-6H,7,9,15H2,(H,17,18). The highest BCUT2D eigenvalue weighted by Crippen LogP contribution is 2.18. The minimum atomic E-state index is -0.624. The van der Waals surface area contributed by atoms with Gasteiger partial charge in [-0.2, -0.15) is 5.26 Å². The Bertz CT molecular complexity index is 692. The fourth-order valence-electron chi connectivity index (χ4n) is 1.77. The third-order valence-corrected chi connectivity index (χ3v) is 2.91. The number of nitrogens with zero attached hydrogens (tertiary/aromatic N) is 3. The minimum Gasteiger partial charge on any atom is -0.366 e. The van der Waals surface area contributed by atoms with Crippen LogP contribution in [0.1, 0.15) is 16.8 Å². The Hall–Kier alpha value is -2.98. The highest BCUT2D eigenvalue weighted by molar-refractivity contribution is 5.50. The third-order valence-electron chi connectivity index (χ3n) is 2.91. The van der Waals surface area contributed by atoms with Crippen molar-refractivity contribution >= 4 is 11.5 Å². The van der Waals surface area contributed by atoms with E-state index in [1.165, 1.54) is 12.1 Å². The molecular weight excluding hydrogens is 270 g/mol. The summed E-state index contributed by atoms with van der Waals surface area (Å²) in [5.41, 5.74) is 7.08. The van der Waals surface area contributed by atoms with Crippen molar-refractivity contribution in [3.05, 3.63) is 63.3 Å². The van der Waals surface area contributed by atoms with E-state index >= 15 is 0 Å². The molecule has 0 saturated heterocycles. The molecule has 2 aromatic rings. The Labute approximate surface area is 121 Å². The maximum absolute atomic E-state index is 10.7. The zero-order chi connectivity index (χ0) is 15.2. The van der Waals surface area contributed by atoms with Gasteiger partial charge in [0.1, 0.15) is 11.9 Å². The summed E-state index contributed by atoms with van der Waals surface area (Å²) in [6.07, 6.45) is 0. The number of nitrogens with two attached hydrogens (primary N) is 1. The molecule has 106 valence electrons. The molecule has 7 heteroatoms. The molecule has 0 fully saturated rings. The van der Waals surface area contributed by atoms with E-state index in [0.717, 1.165) is 11.1 Å². The van der Waals surface area contributed by atoms with Crippen molar-refractivity contribution in [2.75, 3.05) is 5.32 Å². The molecule has 0 amide bonds. The van der Waals surface area contributed by atoms with Crippen molar-refractivity contribution in [2.24, 2.45) is 5.73 Å². The normalized spacial score (nSPS) is 9.90. The average molecular weight is 283 g/mol.